The van der Waals surface area contributed by atoms with Gasteiger partial charge in [0.2, 0.25) is 0 Å². The molecule has 0 aromatic heterocycles. The molecule has 0 radical (unpaired) electrons. The van der Waals surface area contributed by atoms with Crippen LogP contribution >= 0.6 is 0 Å². The van der Waals surface area contributed by atoms with Gasteiger partial charge in [0.15, 0.2) is 9.84 Å². The van der Waals surface area contributed by atoms with E-state index in [2.05, 4.69) is 5.32 Å². The summed E-state index contributed by atoms with van der Waals surface area (Å²) in [6.45, 7) is 8.14. The van der Waals surface area contributed by atoms with Crippen molar-refractivity contribution in [3.05, 3.63) is 35.1 Å². The number of nitrogens with one attached hydrogen (secondary N) is 1. The Hall–Kier alpha value is -0.940. The van der Waals surface area contributed by atoms with E-state index in [9.17, 15) is 12.8 Å². The molecule has 0 aliphatic rings. The second-order valence-electron chi connectivity index (χ2n) is 6.16. The Bertz CT molecular complexity index is 582. The summed E-state index contributed by atoms with van der Waals surface area (Å²) in [5, 5.41) is 3.33. The number of hydrogen-bond acceptors (Lipinski definition) is 3. The monoisotopic (exact) mass is 315 g/mol. The average Bonchev–Trinajstić information content (AvgIpc) is 2.35. The molecule has 0 aliphatic heterocycles. The predicted octanol–water partition coefficient (Wildman–Crippen LogP) is 2.87. The van der Waals surface area contributed by atoms with Crippen molar-refractivity contribution in [2.24, 2.45) is 0 Å². The van der Waals surface area contributed by atoms with E-state index in [0.717, 1.165) is 24.1 Å². The van der Waals surface area contributed by atoms with Crippen LogP contribution in [0.2, 0.25) is 0 Å². The Balaban J connectivity index is 3.09. The maximum atomic E-state index is 13.2. The van der Waals surface area contributed by atoms with Crippen molar-refractivity contribution in [3.63, 3.8) is 0 Å². The van der Waals surface area contributed by atoms with Gasteiger partial charge in [-0.15, -0.1) is 0 Å². The van der Waals surface area contributed by atoms with E-state index in [1.807, 2.05) is 13.8 Å². The SMILES string of the molecule is CCCNC(Cc1ccc(F)cc1C)C(C)(C)S(C)(=O)=O. The summed E-state index contributed by atoms with van der Waals surface area (Å²) in [5.74, 6) is -0.267. The summed E-state index contributed by atoms with van der Waals surface area (Å²) >= 11 is 0. The van der Waals surface area contributed by atoms with Crippen LogP contribution in [0, 0.1) is 12.7 Å². The van der Waals surface area contributed by atoms with Gasteiger partial charge in [0.25, 0.3) is 0 Å². The molecule has 1 aromatic carbocycles. The minimum Gasteiger partial charge on any atom is -0.312 e. The van der Waals surface area contributed by atoms with Gasteiger partial charge in [0.05, 0.1) is 4.75 Å². The van der Waals surface area contributed by atoms with Gasteiger partial charge in [0, 0.05) is 12.3 Å². The number of rotatable bonds is 7. The van der Waals surface area contributed by atoms with Crippen LogP contribution in [-0.4, -0.2) is 32.0 Å². The van der Waals surface area contributed by atoms with Crippen molar-refractivity contribution in [1.82, 2.24) is 5.32 Å². The Morgan fingerprint density at radius 2 is 1.95 bits per heavy atom. The van der Waals surface area contributed by atoms with E-state index in [0.29, 0.717) is 6.42 Å². The van der Waals surface area contributed by atoms with Gasteiger partial charge >= 0.3 is 0 Å². The van der Waals surface area contributed by atoms with E-state index in [1.54, 1.807) is 19.9 Å². The molecule has 120 valence electrons. The summed E-state index contributed by atoms with van der Waals surface area (Å²) in [6, 6.07) is 4.44. The molecule has 3 nitrogen and oxygen atoms in total. The fraction of sp³-hybridized carbons (Fsp3) is 0.625. The van der Waals surface area contributed by atoms with Gasteiger partial charge < -0.3 is 5.32 Å². The third-order valence-electron chi connectivity index (χ3n) is 4.16. The molecule has 1 unspecified atom stereocenters. The van der Waals surface area contributed by atoms with Gasteiger partial charge in [-0.3, -0.25) is 0 Å². The van der Waals surface area contributed by atoms with Crippen LogP contribution in [0.25, 0.3) is 0 Å². The number of aryl methyl sites for hydroxylation is 1. The molecule has 0 heterocycles. The van der Waals surface area contributed by atoms with Crippen molar-refractivity contribution in [2.45, 2.75) is 51.3 Å². The summed E-state index contributed by atoms with van der Waals surface area (Å²) in [4.78, 5) is 0. The summed E-state index contributed by atoms with van der Waals surface area (Å²) < 4.78 is 36.5. The highest BCUT2D eigenvalue weighted by Gasteiger charge is 2.38. The molecule has 0 amide bonds. The van der Waals surface area contributed by atoms with E-state index >= 15 is 0 Å². The lowest BCUT2D eigenvalue weighted by Crippen LogP contribution is -2.52. The maximum absolute atomic E-state index is 13.2. The van der Waals surface area contributed by atoms with Gasteiger partial charge in [-0.2, -0.15) is 0 Å². The predicted molar refractivity (Wildman–Crippen MR) is 85.8 cm³/mol. The molecular formula is C16H26FNO2S. The number of benzene rings is 1. The van der Waals surface area contributed by atoms with Crippen LogP contribution in [0.4, 0.5) is 4.39 Å². The minimum absolute atomic E-state index is 0.211. The second-order valence-corrected chi connectivity index (χ2v) is 8.75. The van der Waals surface area contributed by atoms with E-state index < -0.39 is 14.6 Å². The topological polar surface area (TPSA) is 46.2 Å². The van der Waals surface area contributed by atoms with Gasteiger partial charge in [-0.1, -0.05) is 13.0 Å². The van der Waals surface area contributed by atoms with Crippen molar-refractivity contribution in [2.75, 3.05) is 12.8 Å². The van der Waals surface area contributed by atoms with Gasteiger partial charge in [-0.25, -0.2) is 12.8 Å². The van der Waals surface area contributed by atoms with Crippen molar-refractivity contribution >= 4 is 9.84 Å². The van der Waals surface area contributed by atoms with E-state index in [4.69, 9.17) is 0 Å². The van der Waals surface area contributed by atoms with Gasteiger partial charge in [-0.05, 0) is 63.4 Å². The van der Waals surface area contributed by atoms with Crippen LogP contribution in [0.15, 0.2) is 18.2 Å². The van der Waals surface area contributed by atoms with Crippen molar-refractivity contribution in [1.29, 1.82) is 0 Å². The molecule has 1 aromatic rings. The molecule has 1 atom stereocenters. The molecule has 0 aliphatic carbocycles. The maximum Gasteiger partial charge on any atom is 0.154 e. The molecule has 0 saturated heterocycles. The number of sulfone groups is 1. The number of hydrogen-bond donors (Lipinski definition) is 1. The van der Waals surface area contributed by atoms with Gasteiger partial charge in [0.1, 0.15) is 5.82 Å². The first kappa shape index (κ1) is 18.1. The highest BCUT2D eigenvalue weighted by atomic mass is 32.2. The highest BCUT2D eigenvalue weighted by Crippen LogP contribution is 2.24. The Labute approximate surface area is 127 Å². The zero-order chi connectivity index (χ0) is 16.3. The van der Waals surface area contributed by atoms with Crippen LogP contribution in [0.1, 0.15) is 38.3 Å². The Morgan fingerprint density at radius 1 is 1.33 bits per heavy atom. The second kappa shape index (κ2) is 6.88. The normalized spacial score (nSPS) is 14.2. The zero-order valence-corrected chi connectivity index (χ0v) is 14.3. The lowest BCUT2D eigenvalue weighted by Gasteiger charge is -2.34. The molecule has 5 heteroatoms. The van der Waals surface area contributed by atoms with E-state index in [-0.39, 0.29) is 11.9 Å². The van der Waals surface area contributed by atoms with Crippen LogP contribution < -0.4 is 5.32 Å². The van der Waals surface area contributed by atoms with E-state index in [1.165, 1.54) is 18.4 Å². The quantitative estimate of drug-likeness (QED) is 0.841. The first-order valence-corrected chi connectivity index (χ1v) is 9.16. The Kier molecular flexibility index (Phi) is 5.93. The molecular weight excluding hydrogens is 289 g/mol. The largest absolute Gasteiger partial charge is 0.312 e. The molecule has 0 bridgehead atoms. The van der Waals surface area contributed by atoms with Crippen LogP contribution in [-0.2, 0) is 16.3 Å². The smallest absolute Gasteiger partial charge is 0.154 e. The summed E-state index contributed by atoms with van der Waals surface area (Å²) in [6.07, 6.45) is 2.76. The lowest BCUT2D eigenvalue weighted by molar-refractivity contribution is 0.405. The minimum atomic E-state index is -3.21. The first-order valence-electron chi connectivity index (χ1n) is 7.27. The molecule has 1 N–H and O–H groups in total. The standard InChI is InChI=1S/C16H26FNO2S/c1-6-9-18-15(16(3,4)21(5,19)20)11-13-7-8-14(17)10-12(13)2/h7-8,10,15,18H,6,9,11H2,1-5H3. The lowest BCUT2D eigenvalue weighted by atomic mass is 9.93. The highest BCUT2D eigenvalue weighted by molar-refractivity contribution is 7.92. The third-order valence-corrected chi connectivity index (χ3v) is 6.36. The van der Waals surface area contributed by atoms with Crippen LogP contribution in [0.5, 0.6) is 0 Å². The molecule has 0 fully saturated rings. The summed E-state index contributed by atoms with van der Waals surface area (Å²) in [7, 11) is -3.21. The molecule has 1 rings (SSSR count). The molecule has 0 saturated carbocycles. The Morgan fingerprint density at radius 3 is 2.43 bits per heavy atom. The van der Waals surface area contributed by atoms with Crippen molar-refractivity contribution < 1.29 is 12.8 Å². The molecule has 0 spiro atoms. The fourth-order valence-electron chi connectivity index (χ4n) is 2.25. The molecule has 21 heavy (non-hydrogen) atoms. The summed E-state index contributed by atoms with van der Waals surface area (Å²) in [5.41, 5.74) is 1.82. The van der Waals surface area contributed by atoms with Crippen LogP contribution in [0.3, 0.4) is 0 Å². The van der Waals surface area contributed by atoms with Crippen molar-refractivity contribution in [3.8, 4) is 0 Å². The first-order chi connectivity index (χ1) is 9.59. The third kappa shape index (κ3) is 4.51. The average molecular weight is 315 g/mol. The fourth-order valence-corrected chi connectivity index (χ4v) is 2.93. The zero-order valence-electron chi connectivity index (χ0n) is 13.5. The number of halogens is 1.